The van der Waals surface area contributed by atoms with Crippen LogP contribution in [0.1, 0.15) is 38.0 Å². The number of rotatable bonds is 5. The smallest absolute Gasteiger partial charge is 0.265 e. The summed E-state index contributed by atoms with van der Waals surface area (Å²) in [6.45, 7) is 6.90. The van der Waals surface area contributed by atoms with E-state index in [0.717, 1.165) is 22.8 Å². The fourth-order valence-electron chi connectivity index (χ4n) is 3.83. The molecule has 0 radical (unpaired) electrons. The Morgan fingerprint density at radius 2 is 1.50 bits per heavy atom. The first-order chi connectivity index (χ1) is 14.5. The van der Waals surface area contributed by atoms with E-state index in [1.165, 1.54) is 38.9 Å². The Morgan fingerprint density at radius 3 is 2.13 bits per heavy atom. The zero-order valence-electron chi connectivity index (χ0n) is 17.2. The first-order valence-electron chi connectivity index (χ1n) is 10.4. The van der Waals surface area contributed by atoms with Crippen molar-refractivity contribution in [2.45, 2.75) is 33.1 Å². The first kappa shape index (κ1) is 21.2. The zero-order chi connectivity index (χ0) is 21.3. The fraction of sp³-hybridized carbons (Fsp3) is 0.409. The Hall–Kier alpha value is -2.03. The Labute approximate surface area is 190 Å². The monoisotopic (exact) mass is 459 g/mol. The number of carbonyl (C=O) groups is 2. The minimum atomic E-state index is -0.310. The van der Waals surface area contributed by atoms with Crippen LogP contribution in [0.5, 0.6) is 0 Å². The molecule has 0 N–H and O–H groups in total. The molecule has 2 aromatic rings. The lowest BCUT2D eigenvalue weighted by molar-refractivity contribution is -0.133. The molecule has 30 heavy (non-hydrogen) atoms. The molecule has 4 rings (SSSR count). The van der Waals surface area contributed by atoms with Crippen molar-refractivity contribution in [1.82, 2.24) is 9.80 Å². The second-order valence-electron chi connectivity index (χ2n) is 7.33. The van der Waals surface area contributed by atoms with Crippen LogP contribution in [-0.4, -0.2) is 52.9 Å². The van der Waals surface area contributed by atoms with E-state index in [2.05, 4.69) is 23.1 Å². The quantitative estimate of drug-likeness (QED) is 0.364. The summed E-state index contributed by atoms with van der Waals surface area (Å²) in [5.41, 5.74) is 0.181. The van der Waals surface area contributed by atoms with Gasteiger partial charge in [0.1, 0.15) is 5.57 Å². The van der Waals surface area contributed by atoms with E-state index < -0.39 is 0 Å². The average Bonchev–Trinajstić information content (AvgIpc) is 3.42. The Kier molecular flexibility index (Phi) is 6.36. The Morgan fingerprint density at radius 1 is 0.900 bits per heavy atom. The maximum atomic E-state index is 12.8. The second-order valence-corrected chi connectivity index (χ2v) is 9.87. The molecule has 0 bridgehead atoms. The van der Waals surface area contributed by atoms with E-state index in [1.54, 1.807) is 17.4 Å². The van der Waals surface area contributed by atoms with Gasteiger partial charge in [0.25, 0.3) is 11.8 Å². The number of thiophene rings is 2. The van der Waals surface area contributed by atoms with Gasteiger partial charge in [-0.2, -0.15) is 0 Å². The normalized spacial score (nSPS) is 17.9. The highest BCUT2D eigenvalue weighted by atomic mass is 32.1. The van der Waals surface area contributed by atoms with Gasteiger partial charge in [-0.1, -0.05) is 0 Å². The number of piperidine rings is 1. The predicted molar refractivity (Wildman–Crippen MR) is 129 cm³/mol. The number of carbonyl (C=O) groups excluding carboxylic acids is 2. The van der Waals surface area contributed by atoms with Crippen LogP contribution in [0.3, 0.4) is 0 Å². The molecule has 8 heteroatoms. The van der Waals surface area contributed by atoms with E-state index >= 15 is 0 Å². The molecular weight excluding hydrogens is 434 g/mol. The molecule has 0 aliphatic carbocycles. The van der Waals surface area contributed by atoms with Gasteiger partial charge in [0.05, 0.1) is 5.00 Å². The minimum Gasteiger partial charge on any atom is -0.363 e. The molecule has 0 unspecified atom stereocenters. The molecule has 2 amide bonds. The Balaban J connectivity index is 1.58. The predicted octanol–water partition coefficient (Wildman–Crippen LogP) is 4.85. The van der Waals surface area contributed by atoms with Gasteiger partial charge >= 0.3 is 0 Å². The third kappa shape index (κ3) is 3.96. The van der Waals surface area contributed by atoms with Gasteiger partial charge in [0.15, 0.2) is 5.11 Å². The topological polar surface area (TPSA) is 43.9 Å². The molecule has 4 heterocycles. The van der Waals surface area contributed by atoms with E-state index in [9.17, 15) is 9.59 Å². The van der Waals surface area contributed by atoms with E-state index in [0.29, 0.717) is 18.2 Å². The third-order valence-corrected chi connectivity index (χ3v) is 8.28. The largest absolute Gasteiger partial charge is 0.363 e. The summed E-state index contributed by atoms with van der Waals surface area (Å²) >= 11 is 8.74. The molecule has 2 aromatic heterocycles. The summed E-state index contributed by atoms with van der Waals surface area (Å²) in [4.78, 5) is 34.4. The summed E-state index contributed by atoms with van der Waals surface area (Å²) in [5, 5.41) is 1.61. The number of anilines is 1. The highest BCUT2D eigenvalue weighted by Gasteiger charge is 2.37. The molecule has 0 aromatic carbocycles. The summed E-state index contributed by atoms with van der Waals surface area (Å²) in [7, 11) is 0. The van der Waals surface area contributed by atoms with Gasteiger partial charge in [-0.3, -0.25) is 19.4 Å². The highest BCUT2D eigenvalue weighted by Crippen LogP contribution is 2.38. The first-order valence-corrected chi connectivity index (χ1v) is 12.4. The second kappa shape index (κ2) is 8.99. The summed E-state index contributed by atoms with van der Waals surface area (Å²) < 4.78 is 0. The van der Waals surface area contributed by atoms with E-state index in [1.807, 2.05) is 31.3 Å². The molecule has 2 saturated heterocycles. The molecule has 2 aliphatic rings. The van der Waals surface area contributed by atoms with Gasteiger partial charge in [-0.15, -0.1) is 22.7 Å². The van der Waals surface area contributed by atoms with Crippen molar-refractivity contribution < 1.29 is 9.59 Å². The molecule has 0 saturated carbocycles. The lowest BCUT2D eigenvalue weighted by atomic mass is 10.1. The lowest BCUT2D eigenvalue weighted by Crippen LogP contribution is -2.55. The molecule has 2 fully saturated rings. The Bertz CT molecular complexity index is 973. The van der Waals surface area contributed by atoms with Crippen molar-refractivity contribution in [3.63, 3.8) is 0 Å². The van der Waals surface area contributed by atoms with Gasteiger partial charge in [-0.05, 0) is 75.7 Å². The van der Waals surface area contributed by atoms with Crippen LogP contribution < -0.4 is 4.90 Å². The van der Waals surface area contributed by atoms with Crippen LogP contribution in [0.15, 0.2) is 29.8 Å². The number of nitrogens with zero attached hydrogens (tertiary/aromatic N) is 3. The van der Waals surface area contributed by atoms with E-state index in [4.69, 9.17) is 12.2 Å². The summed E-state index contributed by atoms with van der Waals surface area (Å²) in [5.74, 6) is -0.619. The van der Waals surface area contributed by atoms with Crippen molar-refractivity contribution in [2.75, 3.05) is 31.1 Å². The SMILES string of the molecule is CCN1C(=O)C(=Cc2ccc(-c3ccc(N4CCCCC4)s3)s2)C(=O)N(CC)C1=S. The summed E-state index contributed by atoms with van der Waals surface area (Å²) in [6, 6.07) is 8.43. The molecule has 2 aliphatic heterocycles. The number of hydrogen-bond acceptors (Lipinski definition) is 6. The number of likely N-dealkylation sites (N-methyl/N-ethyl adjacent to an activating group) is 2. The molecular formula is C22H25N3O2S3. The van der Waals surface area contributed by atoms with Crippen LogP contribution in [-0.2, 0) is 9.59 Å². The highest BCUT2D eigenvalue weighted by molar-refractivity contribution is 7.80. The van der Waals surface area contributed by atoms with Crippen molar-refractivity contribution in [1.29, 1.82) is 0 Å². The maximum Gasteiger partial charge on any atom is 0.265 e. The number of hydrogen-bond donors (Lipinski definition) is 0. The van der Waals surface area contributed by atoms with Crippen LogP contribution in [0.25, 0.3) is 15.8 Å². The molecule has 0 atom stereocenters. The average molecular weight is 460 g/mol. The van der Waals surface area contributed by atoms with Crippen molar-refractivity contribution >= 4 is 62.9 Å². The fourth-order valence-corrected chi connectivity index (χ4v) is 6.36. The van der Waals surface area contributed by atoms with Crippen molar-refractivity contribution in [2.24, 2.45) is 0 Å². The van der Waals surface area contributed by atoms with Crippen molar-refractivity contribution in [3.05, 3.63) is 34.7 Å². The van der Waals surface area contributed by atoms with Crippen molar-refractivity contribution in [3.8, 4) is 9.75 Å². The number of amides is 2. The van der Waals surface area contributed by atoms with Crippen LogP contribution in [0.2, 0.25) is 0 Å². The maximum absolute atomic E-state index is 12.8. The van der Waals surface area contributed by atoms with Gasteiger partial charge in [-0.25, -0.2) is 0 Å². The number of thiocarbonyl (C=S) groups is 1. The molecule has 5 nitrogen and oxygen atoms in total. The van der Waals surface area contributed by atoms with Gasteiger partial charge in [0.2, 0.25) is 0 Å². The van der Waals surface area contributed by atoms with Crippen LogP contribution >= 0.6 is 34.9 Å². The molecule has 158 valence electrons. The molecule has 0 spiro atoms. The van der Waals surface area contributed by atoms with E-state index in [-0.39, 0.29) is 17.4 Å². The zero-order valence-corrected chi connectivity index (χ0v) is 19.7. The van der Waals surface area contributed by atoms with Crippen LogP contribution in [0.4, 0.5) is 5.00 Å². The lowest BCUT2D eigenvalue weighted by Gasteiger charge is -2.35. The van der Waals surface area contributed by atoms with Gasteiger partial charge in [0, 0.05) is 40.8 Å². The third-order valence-electron chi connectivity index (χ3n) is 5.46. The summed E-state index contributed by atoms with van der Waals surface area (Å²) in [6.07, 6.45) is 5.56. The minimum absolute atomic E-state index is 0.181. The van der Waals surface area contributed by atoms with Crippen LogP contribution in [0, 0.1) is 0 Å². The van der Waals surface area contributed by atoms with Gasteiger partial charge < -0.3 is 4.90 Å². The standard InChI is InChI=1S/C22H25N3O2S3/c1-3-24-20(26)16(21(27)25(4-2)22(24)28)14-15-8-9-17(29-15)18-10-11-19(30-18)23-12-6-5-7-13-23/h8-11,14H,3-7,12-13H2,1-2H3.